The van der Waals surface area contributed by atoms with E-state index in [9.17, 15) is 4.79 Å². The van der Waals surface area contributed by atoms with Crippen molar-refractivity contribution in [1.29, 1.82) is 0 Å². The molecule has 0 aliphatic heterocycles. The molecule has 0 saturated carbocycles. The molecule has 0 saturated heterocycles. The maximum Gasteiger partial charge on any atom is 0.338 e. The summed E-state index contributed by atoms with van der Waals surface area (Å²) in [6.45, 7) is 1.89. The fourth-order valence-corrected chi connectivity index (χ4v) is 2.10. The second-order valence-corrected chi connectivity index (χ2v) is 4.72. The van der Waals surface area contributed by atoms with E-state index in [1.807, 2.05) is 17.6 Å². The van der Waals surface area contributed by atoms with Crippen LogP contribution in [0.4, 0.5) is 0 Å². The Morgan fingerprint density at radius 1 is 1.65 bits per heavy atom. The molecule has 2 aromatic rings. The lowest BCUT2D eigenvalue weighted by atomic mass is 10.2. The number of nitrogens with zero attached hydrogens (tertiary/aromatic N) is 2. The van der Waals surface area contributed by atoms with Crippen LogP contribution >= 0.6 is 11.8 Å². The number of hydrogen-bond acceptors (Lipinski definition) is 4. The van der Waals surface area contributed by atoms with E-state index in [2.05, 4.69) is 4.98 Å². The molecular formula is C12H14N2O2S. The van der Waals surface area contributed by atoms with Gasteiger partial charge in [0.1, 0.15) is 6.10 Å². The fourth-order valence-electron chi connectivity index (χ4n) is 1.57. The molecular weight excluding hydrogens is 236 g/mol. The summed E-state index contributed by atoms with van der Waals surface area (Å²) in [5.74, 6) is 0.524. The Morgan fingerprint density at radius 2 is 2.47 bits per heavy atom. The molecule has 0 N–H and O–H groups in total. The molecule has 0 spiro atoms. The molecule has 1 unspecified atom stereocenters. The molecule has 0 bridgehead atoms. The lowest BCUT2D eigenvalue weighted by Crippen LogP contribution is -2.17. The number of fused-ring (bicyclic) bond motifs is 1. The van der Waals surface area contributed by atoms with E-state index in [1.54, 1.807) is 42.6 Å². The maximum absolute atomic E-state index is 11.8. The summed E-state index contributed by atoms with van der Waals surface area (Å²) in [5.41, 5.74) is 1.45. The van der Waals surface area contributed by atoms with Crippen LogP contribution in [0.3, 0.4) is 0 Å². The first-order valence-corrected chi connectivity index (χ1v) is 6.71. The van der Waals surface area contributed by atoms with Crippen LogP contribution < -0.4 is 0 Å². The SMILES string of the molecule is CSCC(C)OC(=O)c1ccn2cncc2c1. The van der Waals surface area contributed by atoms with Gasteiger partial charge < -0.3 is 9.14 Å². The summed E-state index contributed by atoms with van der Waals surface area (Å²) in [5, 5.41) is 0. The zero-order valence-electron chi connectivity index (χ0n) is 9.79. The van der Waals surface area contributed by atoms with E-state index in [0.717, 1.165) is 11.3 Å². The van der Waals surface area contributed by atoms with Crippen LogP contribution in [-0.2, 0) is 4.74 Å². The number of hydrogen-bond donors (Lipinski definition) is 0. The lowest BCUT2D eigenvalue weighted by Gasteiger charge is -2.11. The number of thioether (sulfide) groups is 1. The van der Waals surface area contributed by atoms with Gasteiger partial charge in [-0.15, -0.1) is 0 Å². The molecule has 0 aliphatic rings. The maximum atomic E-state index is 11.8. The number of carbonyl (C=O) groups excluding carboxylic acids is 1. The van der Waals surface area contributed by atoms with E-state index in [0.29, 0.717) is 5.56 Å². The summed E-state index contributed by atoms with van der Waals surface area (Å²) >= 11 is 1.66. The Labute approximate surface area is 104 Å². The Morgan fingerprint density at radius 3 is 3.24 bits per heavy atom. The van der Waals surface area contributed by atoms with Gasteiger partial charge in [0.05, 0.1) is 23.6 Å². The highest BCUT2D eigenvalue weighted by molar-refractivity contribution is 7.98. The Kier molecular flexibility index (Phi) is 3.68. The van der Waals surface area contributed by atoms with Gasteiger partial charge in [-0.3, -0.25) is 0 Å². The minimum atomic E-state index is -0.282. The third-order valence-electron chi connectivity index (χ3n) is 2.36. The molecule has 0 amide bonds. The highest BCUT2D eigenvalue weighted by atomic mass is 32.2. The van der Waals surface area contributed by atoms with Crippen LogP contribution in [0.5, 0.6) is 0 Å². The second kappa shape index (κ2) is 5.23. The Hall–Kier alpha value is -1.49. The minimum absolute atomic E-state index is 0.0707. The zero-order valence-corrected chi connectivity index (χ0v) is 10.6. The molecule has 0 aromatic carbocycles. The van der Waals surface area contributed by atoms with Gasteiger partial charge in [-0.25, -0.2) is 9.78 Å². The number of carbonyl (C=O) groups is 1. The number of esters is 1. The standard InChI is InChI=1S/C12H14N2O2S/c1-9(7-17-2)16-12(15)10-3-4-14-8-13-6-11(14)5-10/h3-6,8-9H,7H2,1-2H3. The molecule has 5 heteroatoms. The van der Waals surface area contributed by atoms with Crippen molar-refractivity contribution in [3.63, 3.8) is 0 Å². The van der Waals surface area contributed by atoms with Crippen molar-refractivity contribution in [1.82, 2.24) is 9.38 Å². The summed E-state index contributed by atoms with van der Waals surface area (Å²) in [6, 6.07) is 3.52. The Balaban J connectivity index is 2.13. The molecule has 4 nitrogen and oxygen atoms in total. The third-order valence-corrected chi connectivity index (χ3v) is 3.16. The quantitative estimate of drug-likeness (QED) is 0.781. The molecule has 0 fully saturated rings. The first-order valence-electron chi connectivity index (χ1n) is 5.32. The van der Waals surface area contributed by atoms with Crippen LogP contribution in [0.1, 0.15) is 17.3 Å². The van der Waals surface area contributed by atoms with Crippen LogP contribution in [0, 0.1) is 0 Å². The molecule has 2 heterocycles. The molecule has 90 valence electrons. The van der Waals surface area contributed by atoms with Crippen molar-refractivity contribution < 1.29 is 9.53 Å². The van der Waals surface area contributed by atoms with Crippen LogP contribution in [0.25, 0.3) is 5.52 Å². The van der Waals surface area contributed by atoms with Crippen molar-refractivity contribution in [3.05, 3.63) is 36.4 Å². The van der Waals surface area contributed by atoms with Crippen molar-refractivity contribution in [2.45, 2.75) is 13.0 Å². The smallest absolute Gasteiger partial charge is 0.338 e. The first kappa shape index (κ1) is 12.0. The first-order chi connectivity index (χ1) is 8.20. The van der Waals surface area contributed by atoms with Crippen molar-refractivity contribution >= 4 is 23.2 Å². The Bertz CT molecular complexity index is 524. The van der Waals surface area contributed by atoms with E-state index < -0.39 is 0 Å². The molecule has 17 heavy (non-hydrogen) atoms. The zero-order chi connectivity index (χ0) is 12.3. The van der Waals surface area contributed by atoms with Crippen molar-refractivity contribution in [2.24, 2.45) is 0 Å². The molecule has 0 aliphatic carbocycles. The van der Waals surface area contributed by atoms with E-state index in [1.165, 1.54) is 0 Å². The minimum Gasteiger partial charge on any atom is -0.458 e. The highest BCUT2D eigenvalue weighted by Crippen LogP contribution is 2.10. The molecule has 2 rings (SSSR count). The number of aromatic nitrogens is 2. The third kappa shape index (κ3) is 2.79. The normalized spacial score (nSPS) is 12.6. The van der Waals surface area contributed by atoms with Gasteiger partial charge in [0.25, 0.3) is 0 Å². The van der Waals surface area contributed by atoms with Gasteiger partial charge in [-0.05, 0) is 25.3 Å². The van der Waals surface area contributed by atoms with E-state index in [-0.39, 0.29) is 12.1 Å². The number of imidazole rings is 1. The van der Waals surface area contributed by atoms with Crippen molar-refractivity contribution in [3.8, 4) is 0 Å². The average molecular weight is 250 g/mol. The van der Waals surface area contributed by atoms with Gasteiger partial charge in [0.15, 0.2) is 0 Å². The highest BCUT2D eigenvalue weighted by Gasteiger charge is 2.12. The molecule has 0 radical (unpaired) electrons. The summed E-state index contributed by atoms with van der Waals surface area (Å²) in [6.07, 6.45) is 7.13. The molecule has 1 atom stereocenters. The van der Waals surface area contributed by atoms with Crippen LogP contribution in [-0.4, -0.2) is 33.5 Å². The predicted octanol–water partition coefficient (Wildman–Crippen LogP) is 2.24. The second-order valence-electron chi connectivity index (χ2n) is 3.81. The molecule has 2 aromatic heterocycles. The van der Waals surface area contributed by atoms with Crippen molar-refractivity contribution in [2.75, 3.05) is 12.0 Å². The lowest BCUT2D eigenvalue weighted by molar-refractivity contribution is 0.0386. The van der Waals surface area contributed by atoms with Gasteiger partial charge in [0.2, 0.25) is 0 Å². The van der Waals surface area contributed by atoms with Gasteiger partial charge in [0, 0.05) is 11.9 Å². The van der Waals surface area contributed by atoms with Gasteiger partial charge in [-0.1, -0.05) is 0 Å². The van der Waals surface area contributed by atoms with Gasteiger partial charge >= 0.3 is 5.97 Å². The number of rotatable bonds is 4. The monoisotopic (exact) mass is 250 g/mol. The van der Waals surface area contributed by atoms with Crippen LogP contribution in [0.2, 0.25) is 0 Å². The van der Waals surface area contributed by atoms with E-state index in [4.69, 9.17) is 4.74 Å². The van der Waals surface area contributed by atoms with E-state index >= 15 is 0 Å². The summed E-state index contributed by atoms with van der Waals surface area (Å²) in [7, 11) is 0. The van der Waals surface area contributed by atoms with Crippen LogP contribution in [0.15, 0.2) is 30.9 Å². The van der Waals surface area contributed by atoms with Gasteiger partial charge in [-0.2, -0.15) is 11.8 Å². The summed E-state index contributed by atoms with van der Waals surface area (Å²) in [4.78, 5) is 15.8. The average Bonchev–Trinajstić information content (AvgIpc) is 2.75. The number of ether oxygens (including phenoxy) is 1. The fraction of sp³-hybridized carbons (Fsp3) is 0.333. The largest absolute Gasteiger partial charge is 0.458 e. The number of pyridine rings is 1. The summed E-state index contributed by atoms with van der Waals surface area (Å²) < 4.78 is 7.16. The topological polar surface area (TPSA) is 43.6 Å². The predicted molar refractivity (Wildman–Crippen MR) is 68.5 cm³/mol.